The van der Waals surface area contributed by atoms with Crippen LogP contribution in [0.1, 0.15) is 31.7 Å². The van der Waals surface area contributed by atoms with E-state index in [4.69, 9.17) is 10.2 Å². The standard InChI is InChI=1S/C10H12N2O5.C4H11NO2/c1-3-6(2)8-4-7(11(14)15)5-9(10(8)13)12(16)17;6-3-1-5-2-4-7/h4-6,13H,3H2,1-2H3;5-7H,1-4H2. The summed E-state index contributed by atoms with van der Waals surface area (Å²) in [5.41, 5.74) is -0.785. The molecule has 0 aliphatic carbocycles. The zero-order valence-electron chi connectivity index (χ0n) is 13.6. The molecule has 0 saturated heterocycles. The Hall–Kier alpha value is -2.30. The Morgan fingerprint density at radius 3 is 2.04 bits per heavy atom. The van der Waals surface area contributed by atoms with Crippen LogP contribution in [0.15, 0.2) is 12.1 Å². The lowest BCUT2D eigenvalue weighted by molar-refractivity contribution is -0.394. The number of non-ortho nitro benzene ring substituents is 1. The number of rotatable bonds is 8. The average Bonchev–Trinajstić information content (AvgIpc) is 2.55. The SMILES string of the molecule is CCC(C)c1cc([N+](=O)[O-])cc([N+](=O)[O-])c1O.OCCNCCO. The summed E-state index contributed by atoms with van der Waals surface area (Å²) >= 11 is 0. The summed E-state index contributed by atoms with van der Waals surface area (Å²) in [4.78, 5) is 19.8. The molecule has 0 aliphatic heterocycles. The topological polar surface area (TPSA) is 159 Å². The van der Waals surface area contributed by atoms with E-state index in [1.165, 1.54) is 6.07 Å². The van der Waals surface area contributed by atoms with Gasteiger partial charge in [0.1, 0.15) is 0 Å². The monoisotopic (exact) mass is 345 g/mol. The van der Waals surface area contributed by atoms with Gasteiger partial charge in [-0.05, 0) is 12.3 Å². The highest BCUT2D eigenvalue weighted by molar-refractivity contribution is 5.58. The molecule has 1 rings (SSSR count). The zero-order chi connectivity index (χ0) is 18.7. The van der Waals surface area contributed by atoms with Gasteiger partial charge in [0, 0.05) is 24.7 Å². The fraction of sp³-hybridized carbons (Fsp3) is 0.571. The van der Waals surface area contributed by atoms with Crippen molar-refractivity contribution in [2.75, 3.05) is 26.3 Å². The van der Waals surface area contributed by atoms with Crippen molar-refractivity contribution >= 4 is 11.4 Å². The van der Waals surface area contributed by atoms with Crippen LogP contribution in [0.3, 0.4) is 0 Å². The molecule has 1 aromatic carbocycles. The van der Waals surface area contributed by atoms with E-state index in [9.17, 15) is 25.3 Å². The summed E-state index contributed by atoms with van der Waals surface area (Å²) < 4.78 is 0. The maximum atomic E-state index is 10.7. The van der Waals surface area contributed by atoms with Crippen LogP contribution in [0.4, 0.5) is 11.4 Å². The number of nitro groups is 2. The minimum atomic E-state index is -0.825. The van der Waals surface area contributed by atoms with Crippen LogP contribution >= 0.6 is 0 Å². The molecular weight excluding hydrogens is 322 g/mol. The third-order valence-corrected chi connectivity index (χ3v) is 3.23. The highest BCUT2D eigenvalue weighted by atomic mass is 16.6. The van der Waals surface area contributed by atoms with Crippen molar-refractivity contribution in [2.45, 2.75) is 26.2 Å². The zero-order valence-corrected chi connectivity index (χ0v) is 13.6. The van der Waals surface area contributed by atoms with Crippen molar-refractivity contribution in [3.8, 4) is 5.75 Å². The van der Waals surface area contributed by atoms with E-state index in [1.54, 1.807) is 6.92 Å². The summed E-state index contributed by atoms with van der Waals surface area (Å²) in [5, 5.41) is 50.1. The highest BCUT2D eigenvalue weighted by Gasteiger charge is 2.25. The number of aliphatic hydroxyl groups is 2. The molecule has 4 N–H and O–H groups in total. The summed E-state index contributed by atoms with van der Waals surface area (Å²) in [6.45, 7) is 4.98. The second-order valence-electron chi connectivity index (χ2n) is 4.92. The highest BCUT2D eigenvalue weighted by Crippen LogP contribution is 2.38. The fourth-order valence-corrected chi connectivity index (χ4v) is 1.75. The number of hydrogen-bond acceptors (Lipinski definition) is 8. The number of nitrogens with one attached hydrogen (secondary N) is 1. The number of hydrogen-bond donors (Lipinski definition) is 4. The smallest absolute Gasteiger partial charge is 0.317 e. The number of aromatic hydroxyl groups is 1. The van der Waals surface area contributed by atoms with Gasteiger partial charge in [0.15, 0.2) is 5.75 Å². The molecule has 1 unspecified atom stereocenters. The van der Waals surface area contributed by atoms with Gasteiger partial charge in [-0.2, -0.15) is 0 Å². The Morgan fingerprint density at radius 1 is 1.12 bits per heavy atom. The van der Waals surface area contributed by atoms with Gasteiger partial charge in [-0.3, -0.25) is 20.2 Å². The molecule has 136 valence electrons. The maximum absolute atomic E-state index is 10.7. The summed E-state index contributed by atoms with van der Waals surface area (Å²) in [6.07, 6.45) is 0.617. The fourth-order valence-electron chi connectivity index (χ4n) is 1.75. The maximum Gasteiger partial charge on any atom is 0.317 e. The largest absolute Gasteiger partial charge is 0.502 e. The number of phenols is 1. The van der Waals surface area contributed by atoms with Gasteiger partial charge in [-0.15, -0.1) is 0 Å². The van der Waals surface area contributed by atoms with Crippen LogP contribution in [0.2, 0.25) is 0 Å². The Labute approximate surface area is 139 Å². The number of nitrogens with zero attached hydrogens (tertiary/aromatic N) is 2. The molecule has 0 aliphatic rings. The first-order valence-corrected chi connectivity index (χ1v) is 7.38. The number of nitro benzene ring substituents is 2. The van der Waals surface area contributed by atoms with Crippen molar-refractivity contribution in [1.29, 1.82) is 0 Å². The second-order valence-corrected chi connectivity index (χ2v) is 4.92. The number of benzene rings is 1. The van der Waals surface area contributed by atoms with E-state index in [0.29, 0.717) is 19.5 Å². The van der Waals surface area contributed by atoms with Gasteiger partial charge in [-0.25, -0.2) is 0 Å². The molecule has 0 aromatic heterocycles. The minimum Gasteiger partial charge on any atom is -0.502 e. The van der Waals surface area contributed by atoms with E-state index in [-0.39, 0.29) is 30.4 Å². The Bertz CT molecular complexity index is 547. The predicted octanol–water partition coefficient (Wildman–Crippen LogP) is 1.28. The number of phenolic OH excluding ortho intramolecular Hbond substituents is 1. The third-order valence-electron chi connectivity index (χ3n) is 3.23. The van der Waals surface area contributed by atoms with Crippen molar-refractivity contribution in [3.63, 3.8) is 0 Å². The van der Waals surface area contributed by atoms with Crippen LogP contribution in [-0.2, 0) is 0 Å². The van der Waals surface area contributed by atoms with Gasteiger partial charge < -0.3 is 20.6 Å². The molecule has 0 fully saturated rings. The quantitative estimate of drug-likeness (QED) is 0.311. The first-order valence-electron chi connectivity index (χ1n) is 7.38. The molecule has 1 aromatic rings. The molecule has 1 atom stereocenters. The predicted molar refractivity (Wildman–Crippen MR) is 87.2 cm³/mol. The molecule has 0 radical (unpaired) electrons. The molecular formula is C14H23N3O7. The van der Waals surface area contributed by atoms with Gasteiger partial charge in [-0.1, -0.05) is 13.8 Å². The lowest BCUT2D eigenvalue weighted by Crippen LogP contribution is -2.21. The van der Waals surface area contributed by atoms with Gasteiger partial charge in [0.25, 0.3) is 5.69 Å². The van der Waals surface area contributed by atoms with E-state index in [1.807, 2.05) is 6.92 Å². The van der Waals surface area contributed by atoms with Gasteiger partial charge in [0.2, 0.25) is 0 Å². The van der Waals surface area contributed by atoms with Gasteiger partial charge >= 0.3 is 5.69 Å². The van der Waals surface area contributed by atoms with Crippen LogP contribution in [0.25, 0.3) is 0 Å². The summed E-state index contributed by atoms with van der Waals surface area (Å²) in [7, 11) is 0. The van der Waals surface area contributed by atoms with Gasteiger partial charge in [0.05, 0.1) is 29.1 Å². The molecule has 0 heterocycles. The van der Waals surface area contributed by atoms with E-state index in [0.717, 1.165) is 6.07 Å². The molecule has 10 nitrogen and oxygen atoms in total. The Morgan fingerprint density at radius 2 is 1.67 bits per heavy atom. The molecule has 10 heteroatoms. The van der Waals surface area contributed by atoms with Crippen LogP contribution in [-0.4, -0.2) is 51.5 Å². The molecule has 0 bridgehead atoms. The molecule has 0 amide bonds. The normalized spacial score (nSPS) is 11.3. The second kappa shape index (κ2) is 11.3. The third kappa shape index (κ3) is 6.86. The lowest BCUT2D eigenvalue weighted by atomic mass is 9.96. The molecule has 24 heavy (non-hydrogen) atoms. The van der Waals surface area contributed by atoms with E-state index in [2.05, 4.69) is 5.32 Å². The van der Waals surface area contributed by atoms with Crippen molar-refractivity contribution in [2.24, 2.45) is 0 Å². The lowest BCUT2D eigenvalue weighted by Gasteiger charge is -2.10. The van der Waals surface area contributed by atoms with Crippen LogP contribution < -0.4 is 5.32 Å². The van der Waals surface area contributed by atoms with Crippen LogP contribution in [0.5, 0.6) is 5.75 Å². The Balaban J connectivity index is 0.000000640. The summed E-state index contributed by atoms with van der Waals surface area (Å²) in [5.74, 6) is -0.677. The Kier molecular flexibility index (Phi) is 10.2. The van der Waals surface area contributed by atoms with Crippen molar-refractivity contribution in [3.05, 3.63) is 37.9 Å². The van der Waals surface area contributed by atoms with Crippen molar-refractivity contribution < 1.29 is 25.2 Å². The van der Waals surface area contributed by atoms with Crippen molar-refractivity contribution in [1.82, 2.24) is 5.32 Å². The molecule has 0 saturated carbocycles. The first-order chi connectivity index (χ1) is 11.3. The molecule has 0 spiro atoms. The van der Waals surface area contributed by atoms with E-state index < -0.39 is 21.3 Å². The van der Waals surface area contributed by atoms with Crippen LogP contribution in [0, 0.1) is 20.2 Å². The first kappa shape index (κ1) is 21.7. The minimum absolute atomic E-state index is 0.139. The summed E-state index contributed by atoms with van der Waals surface area (Å²) in [6, 6.07) is 1.94. The average molecular weight is 345 g/mol. The number of aliphatic hydroxyl groups excluding tert-OH is 2. The van der Waals surface area contributed by atoms with E-state index >= 15 is 0 Å².